The zero-order valence-electron chi connectivity index (χ0n) is 21.6. The molecule has 0 unspecified atom stereocenters. The van der Waals surface area contributed by atoms with Crippen LogP contribution < -0.4 is 15.9 Å². The summed E-state index contributed by atoms with van der Waals surface area (Å²) in [6.45, 7) is 3.11. The molecule has 1 N–H and O–H groups in total. The van der Waals surface area contributed by atoms with Crippen molar-refractivity contribution < 1.29 is 9.53 Å². The van der Waals surface area contributed by atoms with E-state index in [0.29, 0.717) is 24.0 Å². The second-order valence-corrected chi connectivity index (χ2v) is 10.2. The minimum atomic E-state index is -0.506. The predicted octanol–water partition coefficient (Wildman–Crippen LogP) is 4.17. The van der Waals surface area contributed by atoms with Crippen molar-refractivity contribution in [1.82, 2.24) is 20.2 Å². The summed E-state index contributed by atoms with van der Waals surface area (Å²) in [7, 11) is 0. The Labute approximate surface area is 234 Å². The Morgan fingerprint density at radius 3 is 2.38 bits per heavy atom. The zero-order valence-corrected chi connectivity index (χ0v) is 22.4. The number of nitrogens with one attached hydrogen (secondary N) is 1. The number of morpholine rings is 1. The highest BCUT2D eigenvalue weighted by atomic mass is 32.1. The van der Waals surface area contributed by atoms with Gasteiger partial charge in [-0.05, 0) is 11.6 Å². The van der Waals surface area contributed by atoms with Gasteiger partial charge < -0.3 is 9.64 Å². The Morgan fingerprint density at radius 1 is 0.950 bits per heavy atom. The topological polar surface area (TPSA) is 102 Å². The number of rotatable bonds is 7. The Hall–Kier alpha value is -4.67. The summed E-state index contributed by atoms with van der Waals surface area (Å²) in [6, 6.07) is 26.4. The number of ether oxygens (including phenoxy) is 1. The molecule has 6 rings (SSSR count). The second-order valence-electron chi connectivity index (χ2n) is 9.22. The molecule has 5 aromatic rings. The molecule has 1 amide bonds. The van der Waals surface area contributed by atoms with Gasteiger partial charge in [-0.1, -0.05) is 90.2 Å². The first-order valence-corrected chi connectivity index (χ1v) is 13.7. The number of fused-ring (bicyclic) bond motifs is 1. The van der Waals surface area contributed by atoms with E-state index in [1.54, 1.807) is 30.5 Å². The molecule has 2 aromatic heterocycles. The van der Waals surface area contributed by atoms with Gasteiger partial charge in [0, 0.05) is 24.0 Å². The quantitative estimate of drug-likeness (QED) is 0.241. The highest BCUT2D eigenvalue weighted by molar-refractivity contribution is 7.17. The average Bonchev–Trinajstić information content (AvgIpc) is 3.44. The molecule has 200 valence electrons. The normalized spacial score (nSPS) is 13.7. The Balaban J connectivity index is 1.30. The molecule has 1 aliphatic heterocycles. The summed E-state index contributed by atoms with van der Waals surface area (Å²) < 4.78 is 6.81. The van der Waals surface area contributed by atoms with E-state index in [4.69, 9.17) is 9.72 Å². The van der Waals surface area contributed by atoms with E-state index in [-0.39, 0.29) is 17.8 Å². The van der Waals surface area contributed by atoms with Gasteiger partial charge in [0.05, 0.1) is 41.9 Å². The molecular formula is C30H26N6O3S. The highest BCUT2D eigenvalue weighted by Crippen LogP contribution is 2.32. The number of hydrogen-bond acceptors (Lipinski definition) is 8. The highest BCUT2D eigenvalue weighted by Gasteiger charge is 2.20. The van der Waals surface area contributed by atoms with Gasteiger partial charge in [-0.15, -0.1) is 0 Å². The van der Waals surface area contributed by atoms with Crippen molar-refractivity contribution in [3.63, 3.8) is 0 Å². The number of hydrogen-bond donors (Lipinski definition) is 1. The number of hydrazone groups is 1. The lowest BCUT2D eigenvalue weighted by Gasteiger charge is -2.26. The molecule has 0 spiro atoms. The second kappa shape index (κ2) is 11.6. The summed E-state index contributed by atoms with van der Waals surface area (Å²) in [4.78, 5) is 34.4. The first-order chi connectivity index (χ1) is 19.7. The molecule has 3 aromatic carbocycles. The Kier molecular flexibility index (Phi) is 7.43. The third-order valence-electron chi connectivity index (χ3n) is 6.58. The summed E-state index contributed by atoms with van der Waals surface area (Å²) >= 11 is 1.51. The summed E-state index contributed by atoms with van der Waals surface area (Å²) in [5.41, 5.74) is 5.16. The predicted molar refractivity (Wildman–Crippen MR) is 157 cm³/mol. The fourth-order valence-electron chi connectivity index (χ4n) is 4.57. The van der Waals surface area contributed by atoms with Gasteiger partial charge >= 0.3 is 0 Å². The Bertz CT molecular complexity index is 1730. The lowest BCUT2D eigenvalue weighted by molar-refractivity contribution is 0.0949. The fraction of sp³-hybridized carbons (Fsp3) is 0.167. The van der Waals surface area contributed by atoms with Crippen LogP contribution in [0.4, 0.5) is 5.13 Å². The van der Waals surface area contributed by atoms with Crippen molar-refractivity contribution in [2.24, 2.45) is 5.10 Å². The van der Waals surface area contributed by atoms with Crippen molar-refractivity contribution in [2.45, 2.75) is 6.54 Å². The lowest BCUT2D eigenvalue weighted by atomic mass is 10.1. The first-order valence-electron chi connectivity index (χ1n) is 12.9. The van der Waals surface area contributed by atoms with Crippen LogP contribution in [0.2, 0.25) is 0 Å². The van der Waals surface area contributed by atoms with Gasteiger partial charge in [0.15, 0.2) is 10.8 Å². The number of amides is 1. The van der Waals surface area contributed by atoms with Gasteiger partial charge in [0.25, 0.3) is 11.5 Å². The number of benzene rings is 3. The van der Waals surface area contributed by atoms with Crippen LogP contribution in [-0.2, 0) is 11.3 Å². The lowest BCUT2D eigenvalue weighted by Crippen LogP contribution is -2.36. The van der Waals surface area contributed by atoms with Crippen molar-refractivity contribution in [2.75, 3.05) is 31.2 Å². The zero-order chi connectivity index (χ0) is 27.3. The smallest absolute Gasteiger partial charge is 0.292 e. The summed E-state index contributed by atoms with van der Waals surface area (Å²) in [6.07, 6.45) is 1.62. The van der Waals surface area contributed by atoms with Crippen molar-refractivity contribution in [1.29, 1.82) is 0 Å². The van der Waals surface area contributed by atoms with E-state index in [0.717, 1.165) is 39.9 Å². The molecule has 1 fully saturated rings. The molecule has 0 aliphatic carbocycles. The molecule has 0 radical (unpaired) electrons. The maximum Gasteiger partial charge on any atom is 0.292 e. The van der Waals surface area contributed by atoms with Crippen molar-refractivity contribution in [3.8, 4) is 11.3 Å². The Morgan fingerprint density at radius 2 is 1.62 bits per heavy atom. The number of carbonyl (C=O) groups excluding carboxylic acids is 1. The number of aromatic nitrogens is 3. The van der Waals surface area contributed by atoms with E-state index in [2.05, 4.69) is 20.5 Å². The monoisotopic (exact) mass is 550 g/mol. The van der Waals surface area contributed by atoms with Crippen LogP contribution in [0, 0.1) is 0 Å². The van der Waals surface area contributed by atoms with Crippen LogP contribution in [0.25, 0.3) is 22.0 Å². The van der Waals surface area contributed by atoms with Crippen LogP contribution >= 0.6 is 11.3 Å². The maximum absolute atomic E-state index is 13.3. The van der Waals surface area contributed by atoms with Gasteiger partial charge in [-0.25, -0.2) is 15.1 Å². The molecular weight excluding hydrogens is 524 g/mol. The van der Waals surface area contributed by atoms with Crippen molar-refractivity contribution >= 4 is 39.4 Å². The van der Waals surface area contributed by atoms with Gasteiger partial charge in [0.1, 0.15) is 0 Å². The van der Waals surface area contributed by atoms with Crippen LogP contribution in [0.15, 0.2) is 94.8 Å². The molecule has 1 saturated heterocycles. The van der Waals surface area contributed by atoms with E-state index in [9.17, 15) is 9.59 Å². The van der Waals surface area contributed by atoms with Crippen LogP contribution in [-0.4, -0.2) is 53.2 Å². The van der Waals surface area contributed by atoms with Gasteiger partial charge in [-0.3, -0.25) is 9.59 Å². The summed E-state index contributed by atoms with van der Waals surface area (Å²) in [5.74, 6) is -0.506. The third-order valence-corrected chi connectivity index (χ3v) is 7.63. The third kappa shape index (κ3) is 5.40. The van der Waals surface area contributed by atoms with Crippen molar-refractivity contribution in [3.05, 3.63) is 111 Å². The van der Waals surface area contributed by atoms with Crippen LogP contribution in [0.3, 0.4) is 0 Å². The van der Waals surface area contributed by atoms with Gasteiger partial charge in [-0.2, -0.15) is 10.2 Å². The van der Waals surface area contributed by atoms with Gasteiger partial charge in [0.2, 0.25) is 0 Å². The van der Waals surface area contributed by atoms with E-state index < -0.39 is 5.91 Å². The van der Waals surface area contributed by atoms with Crippen LogP contribution in [0.1, 0.15) is 20.9 Å². The minimum absolute atomic E-state index is 0.130. The molecule has 9 nitrogen and oxygen atoms in total. The van der Waals surface area contributed by atoms with Crippen LogP contribution in [0.5, 0.6) is 0 Å². The molecule has 3 heterocycles. The summed E-state index contributed by atoms with van der Waals surface area (Å²) in [5, 5.41) is 10.5. The minimum Gasteiger partial charge on any atom is -0.378 e. The molecule has 0 atom stereocenters. The number of nitrogens with zero attached hydrogens (tertiary/aromatic N) is 5. The van der Waals surface area contributed by atoms with E-state index in [1.807, 2.05) is 60.7 Å². The molecule has 0 saturated carbocycles. The van der Waals surface area contributed by atoms with E-state index >= 15 is 0 Å². The fourth-order valence-corrected chi connectivity index (χ4v) is 5.58. The molecule has 0 bridgehead atoms. The molecule has 10 heteroatoms. The first kappa shape index (κ1) is 25.6. The number of carbonyl (C=O) groups is 1. The number of anilines is 1. The molecule has 1 aliphatic rings. The van der Waals surface area contributed by atoms with E-state index in [1.165, 1.54) is 16.0 Å². The maximum atomic E-state index is 13.3. The SMILES string of the molecule is O=C(N/N=C/c1sc(N2CCOCC2)nc1-c1ccccc1)c1nn(Cc2ccccc2)c(=O)c2ccccc12. The molecule has 40 heavy (non-hydrogen) atoms. The largest absolute Gasteiger partial charge is 0.378 e. The standard InChI is InChI=1S/C30H26N6O3S/c37-28(27-23-13-7-8-14-24(23)29(38)36(34-27)20-21-9-3-1-4-10-21)33-31-19-25-26(22-11-5-2-6-12-22)32-30(40-25)35-15-17-39-18-16-35/h1-14,19H,15-18,20H2,(H,33,37)/b31-19+. The number of thiazole rings is 1. The average molecular weight is 551 g/mol.